The molecule has 1 unspecified atom stereocenters. The fraction of sp³-hybridized carbons (Fsp3) is 0.250. The number of carbonyl (C=O) groups is 2. The van der Waals surface area contributed by atoms with E-state index in [1.807, 2.05) is 0 Å². The molecule has 0 saturated heterocycles. The van der Waals surface area contributed by atoms with E-state index in [9.17, 15) is 28.2 Å². The maximum absolute atomic E-state index is 12.7. The number of amides is 2. The molecule has 0 aliphatic carbocycles. The number of aliphatic hydroxyl groups is 2. The predicted octanol–water partition coefficient (Wildman–Crippen LogP) is 0.0572. The molecular weight excluding hydrogens is 438 g/mol. The summed E-state index contributed by atoms with van der Waals surface area (Å²) in [5.74, 6) is -1.59. The van der Waals surface area contributed by atoms with Gasteiger partial charge in [0, 0.05) is 23.5 Å². The molecule has 32 heavy (non-hydrogen) atoms. The lowest BCUT2D eigenvalue weighted by Crippen LogP contribution is -2.39. The molecule has 0 aromatic heterocycles. The Morgan fingerprint density at radius 3 is 2.38 bits per heavy atom. The number of hydrogen-bond acceptors (Lipinski definition) is 7. The van der Waals surface area contributed by atoms with Crippen LogP contribution in [0.4, 0.5) is 17.1 Å². The second-order valence-electron chi connectivity index (χ2n) is 6.89. The highest BCUT2D eigenvalue weighted by atomic mass is 32.2. The number of benzene rings is 2. The Morgan fingerprint density at radius 2 is 1.81 bits per heavy atom. The molecule has 0 fully saturated rings. The molecule has 12 heteroatoms. The van der Waals surface area contributed by atoms with Gasteiger partial charge in [-0.05, 0) is 42.5 Å². The summed E-state index contributed by atoms with van der Waals surface area (Å²) < 4.78 is 25.2. The minimum atomic E-state index is -3.53. The summed E-state index contributed by atoms with van der Waals surface area (Å²) in [6.07, 6.45) is -1.26. The van der Waals surface area contributed by atoms with Gasteiger partial charge in [-0.15, -0.1) is 0 Å². The second kappa shape index (κ2) is 10.7. The van der Waals surface area contributed by atoms with Crippen molar-refractivity contribution >= 4 is 44.7 Å². The number of aliphatic hydroxyl groups excluding tert-OH is 2. The lowest BCUT2D eigenvalue weighted by Gasteiger charge is -2.24. The first-order valence-corrected chi connectivity index (χ1v) is 11.3. The van der Waals surface area contributed by atoms with Crippen molar-refractivity contribution in [2.45, 2.75) is 12.5 Å². The zero-order valence-corrected chi connectivity index (χ0v) is 18.1. The Bertz CT molecular complexity index is 1090. The van der Waals surface area contributed by atoms with E-state index in [2.05, 4.69) is 10.0 Å². The molecule has 0 heterocycles. The first-order valence-electron chi connectivity index (χ1n) is 9.42. The van der Waals surface area contributed by atoms with Crippen molar-refractivity contribution in [1.82, 2.24) is 0 Å². The van der Waals surface area contributed by atoms with E-state index < -0.39 is 34.4 Å². The molecule has 0 aliphatic heterocycles. The topological polar surface area (TPSA) is 186 Å². The molecule has 2 amide bonds. The van der Waals surface area contributed by atoms with Crippen LogP contribution in [-0.2, 0) is 19.6 Å². The summed E-state index contributed by atoms with van der Waals surface area (Å²) in [7, 11) is -3.53. The van der Waals surface area contributed by atoms with Gasteiger partial charge in [-0.25, -0.2) is 8.42 Å². The molecule has 11 nitrogen and oxygen atoms in total. The van der Waals surface area contributed by atoms with Gasteiger partial charge in [0.1, 0.15) is 11.9 Å². The molecule has 1 atom stereocenters. The Balaban J connectivity index is 2.09. The first-order chi connectivity index (χ1) is 15.0. The standard InChI is InChI=1S/C20H25N5O6S/c1-32(30,31)24-15-3-2-4-16(11-15)25(9-10-26)18(28)12-17(27)20(29)23-14-7-5-13(6-8-14)19(21)22/h2-8,11,17,24,26-27H,9-10,12H2,1H3,(H3,21,22)(H,23,29). The largest absolute Gasteiger partial charge is 0.395 e. The molecule has 0 radical (unpaired) electrons. The van der Waals surface area contributed by atoms with Crippen molar-refractivity contribution in [3.8, 4) is 0 Å². The van der Waals surface area contributed by atoms with Crippen molar-refractivity contribution in [3.63, 3.8) is 0 Å². The first kappa shape index (κ1) is 24.8. The van der Waals surface area contributed by atoms with Gasteiger partial charge in [0.15, 0.2) is 0 Å². The van der Waals surface area contributed by atoms with Crippen LogP contribution >= 0.6 is 0 Å². The maximum atomic E-state index is 12.7. The average Bonchev–Trinajstić information content (AvgIpc) is 2.71. The van der Waals surface area contributed by atoms with Crippen LogP contribution in [0.15, 0.2) is 48.5 Å². The lowest BCUT2D eigenvalue weighted by molar-refractivity contribution is -0.129. The van der Waals surface area contributed by atoms with Gasteiger partial charge in [0.05, 0.1) is 25.0 Å². The molecule has 2 rings (SSSR count). The Labute approximate surface area is 185 Å². The summed E-state index contributed by atoms with van der Waals surface area (Å²) in [5.41, 5.74) is 6.68. The van der Waals surface area contributed by atoms with E-state index >= 15 is 0 Å². The number of rotatable bonds is 10. The van der Waals surface area contributed by atoms with Gasteiger partial charge in [-0.2, -0.15) is 0 Å². The number of nitrogens with one attached hydrogen (secondary N) is 3. The van der Waals surface area contributed by atoms with Crippen LogP contribution in [0.1, 0.15) is 12.0 Å². The Morgan fingerprint density at radius 1 is 1.16 bits per heavy atom. The third-order valence-corrected chi connectivity index (χ3v) is 4.83. The zero-order chi connectivity index (χ0) is 23.9. The van der Waals surface area contributed by atoms with Crippen molar-refractivity contribution in [2.24, 2.45) is 5.73 Å². The lowest BCUT2D eigenvalue weighted by atomic mass is 10.1. The van der Waals surface area contributed by atoms with Crippen LogP contribution in [0, 0.1) is 5.41 Å². The van der Waals surface area contributed by atoms with Gasteiger partial charge >= 0.3 is 0 Å². The highest BCUT2D eigenvalue weighted by Crippen LogP contribution is 2.21. The summed E-state index contributed by atoms with van der Waals surface area (Å²) in [5, 5.41) is 29.3. The molecule has 0 bridgehead atoms. The van der Waals surface area contributed by atoms with Gasteiger partial charge in [0.2, 0.25) is 15.9 Å². The summed E-state index contributed by atoms with van der Waals surface area (Å²) in [4.78, 5) is 26.1. The van der Waals surface area contributed by atoms with Crippen LogP contribution in [-0.4, -0.2) is 61.8 Å². The number of nitrogens with zero attached hydrogens (tertiary/aromatic N) is 1. The molecule has 0 saturated carbocycles. The van der Waals surface area contributed by atoms with Crippen molar-refractivity contribution < 1.29 is 28.2 Å². The summed E-state index contributed by atoms with van der Waals surface area (Å²) >= 11 is 0. The number of carbonyl (C=O) groups excluding carboxylic acids is 2. The predicted molar refractivity (Wildman–Crippen MR) is 121 cm³/mol. The van der Waals surface area contributed by atoms with Gasteiger partial charge < -0.3 is 26.2 Å². The maximum Gasteiger partial charge on any atom is 0.253 e. The minimum Gasteiger partial charge on any atom is -0.395 e. The number of sulfonamides is 1. The average molecular weight is 464 g/mol. The van der Waals surface area contributed by atoms with E-state index in [-0.39, 0.29) is 30.4 Å². The monoisotopic (exact) mass is 463 g/mol. The van der Waals surface area contributed by atoms with E-state index in [1.165, 1.54) is 48.5 Å². The molecule has 172 valence electrons. The number of amidine groups is 1. The van der Waals surface area contributed by atoms with Gasteiger partial charge in [0.25, 0.3) is 5.91 Å². The fourth-order valence-electron chi connectivity index (χ4n) is 2.78. The van der Waals surface area contributed by atoms with E-state index in [4.69, 9.17) is 11.1 Å². The molecule has 2 aromatic rings. The highest BCUT2D eigenvalue weighted by Gasteiger charge is 2.24. The normalized spacial score (nSPS) is 12.0. The van der Waals surface area contributed by atoms with E-state index in [1.54, 1.807) is 0 Å². The highest BCUT2D eigenvalue weighted by molar-refractivity contribution is 7.92. The van der Waals surface area contributed by atoms with E-state index in [0.717, 1.165) is 11.2 Å². The number of anilines is 3. The molecular formula is C20H25N5O6S. The van der Waals surface area contributed by atoms with Crippen molar-refractivity contribution in [3.05, 3.63) is 54.1 Å². The third-order valence-electron chi connectivity index (χ3n) is 4.22. The Kier molecular flexibility index (Phi) is 8.29. The third kappa shape index (κ3) is 7.34. The number of nitrogens with two attached hydrogens (primary N) is 1. The van der Waals surface area contributed by atoms with Crippen LogP contribution in [0.5, 0.6) is 0 Å². The summed E-state index contributed by atoms with van der Waals surface area (Å²) in [6.45, 7) is -0.512. The van der Waals surface area contributed by atoms with Crippen molar-refractivity contribution in [1.29, 1.82) is 5.41 Å². The second-order valence-corrected chi connectivity index (χ2v) is 8.64. The van der Waals surface area contributed by atoms with Crippen LogP contribution in [0.25, 0.3) is 0 Å². The van der Waals surface area contributed by atoms with Gasteiger partial charge in [-0.1, -0.05) is 6.07 Å². The quantitative estimate of drug-likeness (QED) is 0.212. The Hall–Kier alpha value is -3.48. The van der Waals surface area contributed by atoms with Crippen LogP contribution < -0.4 is 20.7 Å². The van der Waals surface area contributed by atoms with Crippen LogP contribution in [0.3, 0.4) is 0 Å². The number of nitrogen functional groups attached to an aromatic ring is 1. The fourth-order valence-corrected chi connectivity index (χ4v) is 3.33. The minimum absolute atomic E-state index is 0.123. The summed E-state index contributed by atoms with van der Waals surface area (Å²) in [6, 6.07) is 12.0. The molecule has 0 spiro atoms. The molecule has 2 aromatic carbocycles. The van der Waals surface area contributed by atoms with Crippen molar-refractivity contribution in [2.75, 3.05) is 34.3 Å². The van der Waals surface area contributed by atoms with Gasteiger partial charge in [-0.3, -0.25) is 19.7 Å². The SMILES string of the molecule is CS(=O)(=O)Nc1cccc(N(CCO)C(=O)CC(O)C(=O)Nc2ccc(C(=N)N)cc2)c1. The number of hydrogen-bond donors (Lipinski definition) is 6. The van der Waals surface area contributed by atoms with E-state index in [0.29, 0.717) is 11.3 Å². The zero-order valence-electron chi connectivity index (χ0n) is 17.3. The molecule has 7 N–H and O–H groups in total. The van der Waals surface area contributed by atoms with Crippen LogP contribution in [0.2, 0.25) is 0 Å². The molecule has 0 aliphatic rings. The smallest absolute Gasteiger partial charge is 0.253 e.